The van der Waals surface area contributed by atoms with E-state index in [1.54, 1.807) is 4.31 Å². The van der Waals surface area contributed by atoms with Crippen LogP contribution in [0.25, 0.3) is 0 Å². The molecule has 1 saturated heterocycles. The smallest absolute Gasteiger partial charge is 0.211 e. The predicted molar refractivity (Wildman–Crippen MR) is 93.9 cm³/mol. The molecule has 1 unspecified atom stereocenters. The van der Waals surface area contributed by atoms with Gasteiger partial charge in [0.15, 0.2) is 5.96 Å². The second-order valence-corrected chi connectivity index (χ2v) is 7.00. The predicted octanol–water partition coefficient (Wildman–Crippen LogP) is 0.899. The molecule has 0 amide bonds. The lowest BCUT2D eigenvalue weighted by Crippen LogP contribution is -2.50. The van der Waals surface area contributed by atoms with Gasteiger partial charge in [0.1, 0.15) is 0 Å². The van der Waals surface area contributed by atoms with Crippen LogP contribution in [0.1, 0.15) is 26.2 Å². The SMILES string of the molecule is C=C(C)CN=C(N)NCC1CCCCN1S(C)(=O)=O.I. The molecule has 0 radical (unpaired) electrons. The first-order valence-corrected chi connectivity index (χ1v) is 8.30. The van der Waals surface area contributed by atoms with E-state index in [4.69, 9.17) is 5.73 Å². The summed E-state index contributed by atoms with van der Waals surface area (Å²) < 4.78 is 24.9. The van der Waals surface area contributed by atoms with Crippen molar-refractivity contribution < 1.29 is 8.42 Å². The first kappa shape index (κ1) is 19.7. The van der Waals surface area contributed by atoms with Crippen molar-refractivity contribution in [3.63, 3.8) is 0 Å². The standard InChI is InChI=1S/C12H24N4O2S.HI/c1-10(2)8-14-12(13)15-9-11-6-4-5-7-16(11)19(3,17)18;/h11H,1,4-9H2,2-3H3,(H3,13,14,15);1H. The maximum atomic E-state index is 11.7. The third-order valence-electron chi connectivity index (χ3n) is 3.04. The molecule has 0 aromatic carbocycles. The van der Waals surface area contributed by atoms with Crippen LogP contribution in [0, 0.1) is 0 Å². The number of sulfonamides is 1. The van der Waals surface area contributed by atoms with Crippen molar-refractivity contribution in [1.82, 2.24) is 9.62 Å². The molecule has 3 N–H and O–H groups in total. The zero-order valence-corrected chi connectivity index (χ0v) is 15.3. The zero-order valence-electron chi connectivity index (χ0n) is 12.1. The van der Waals surface area contributed by atoms with Crippen LogP contribution in [0.3, 0.4) is 0 Å². The van der Waals surface area contributed by atoms with Gasteiger partial charge in [0.2, 0.25) is 10.0 Å². The number of piperidine rings is 1. The topological polar surface area (TPSA) is 87.8 Å². The Balaban J connectivity index is 0.00000361. The van der Waals surface area contributed by atoms with Gasteiger partial charge in [0.25, 0.3) is 0 Å². The number of nitrogens with two attached hydrogens (primary N) is 1. The number of nitrogens with zero attached hydrogens (tertiary/aromatic N) is 2. The van der Waals surface area contributed by atoms with Crippen molar-refractivity contribution >= 4 is 40.0 Å². The Morgan fingerprint density at radius 3 is 2.70 bits per heavy atom. The van der Waals surface area contributed by atoms with Gasteiger partial charge in [-0.2, -0.15) is 4.31 Å². The lowest BCUT2D eigenvalue weighted by Gasteiger charge is -2.33. The maximum Gasteiger partial charge on any atom is 0.211 e. The van der Waals surface area contributed by atoms with Gasteiger partial charge < -0.3 is 11.1 Å². The van der Waals surface area contributed by atoms with Crippen LogP contribution in [0.5, 0.6) is 0 Å². The fourth-order valence-corrected chi connectivity index (χ4v) is 3.30. The minimum Gasteiger partial charge on any atom is -0.370 e. The summed E-state index contributed by atoms with van der Waals surface area (Å²) in [4.78, 5) is 4.11. The van der Waals surface area contributed by atoms with Gasteiger partial charge in [-0.25, -0.2) is 13.4 Å². The summed E-state index contributed by atoms with van der Waals surface area (Å²) in [5.74, 6) is 0.335. The Morgan fingerprint density at radius 2 is 2.15 bits per heavy atom. The summed E-state index contributed by atoms with van der Waals surface area (Å²) in [5.41, 5.74) is 6.65. The minimum atomic E-state index is -3.15. The summed E-state index contributed by atoms with van der Waals surface area (Å²) >= 11 is 0. The van der Waals surface area contributed by atoms with Gasteiger partial charge in [-0.1, -0.05) is 18.6 Å². The summed E-state index contributed by atoms with van der Waals surface area (Å²) in [6, 6.07) is -0.0395. The maximum absolute atomic E-state index is 11.7. The summed E-state index contributed by atoms with van der Waals surface area (Å²) in [5, 5.41) is 2.99. The lowest BCUT2D eigenvalue weighted by atomic mass is 10.1. The van der Waals surface area contributed by atoms with Crippen molar-refractivity contribution in [2.24, 2.45) is 10.7 Å². The minimum absolute atomic E-state index is 0. The van der Waals surface area contributed by atoms with E-state index in [0.29, 0.717) is 25.6 Å². The number of rotatable bonds is 5. The van der Waals surface area contributed by atoms with E-state index < -0.39 is 10.0 Å². The monoisotopic (exact) mass is 416 g/mol. The van der Waals surface area contributed by atoms with E-state index in [1.165, 1.54) is 6.26 Å². The van der Waals surface area contributed by atoms with E-state index in [1.807, 2.05) is 6.92 Å². The number of hydrogen-bond donors (Lipinski definition) is 2. The highest BCUT2D eigenvalue weighted by atomic mass is 127. The van der Waals surface area contributed by atoms with E-state index in [0.717, 1.165) is 24.8 Å². The first-order chi connectivity index (χ1) is 8.80. The van der Waals surface area contributed by atoms with Crippen LogP contribution in [-0.2, 0) is 10.0 Å². The van der Waals surface area contributed by atoms with Gasteiger partial charge in [-0.05, 0) is 19.8 Å². The molecule has 1 aliphatic rings. The zero-order chi connectivity index (χ0) is 14.5. The van der Waals surface area contributed by atoms with Crippen molar-refractivity contribution in [3.8, 4) is 0 Å². The largest absolute Gasteiger partial charge is 0.370 e. The van der Waals surface area contributed by atoms with E-state index in [2.05, 4.69) is 16.9 Å². The molecule has 8 heteroatoms. The quantitative estimate of drug-likeness (QED) is 0.302. The number of aliphatic imine (C=N–C) groups is 1. The lowest BCUT2D eigenvalue weighted by molar-refractivity contribution is 0.254. The van der Waals surface area contributed by atoms with Gasteiger partial charge in [-0.15, -0.1) is 24.0 Å². The molecule has 0 aromatic heterocycles. The molecule has 20 heavy (non-hydrogen) atoms. The third-order valence-corrected chi connectivity index (χ3v) is 4.37. The normalized spacial score (nSPS) is 21.1. The molecular weight excluding hydrogens is 391 g/mol. The van der Waals surface area contributed by atoms with E-state index >= 15 is 0 Å². The number of hydrogen-bond acceptors (Lipinski definition) is 3. The van der Waals surface area contributed by atoms with Gasteiger partial charge in [0, 0.05) is 19.1 Å². The second kappa shape index (κ2) is 8.83. The fraction of sp³-hybridized carbons (Fsp3) is 0.750. The molecule has 0 aliphatic carbocycles. The fourth-order valence-electron chi connectivity index (χ4n) is 2.11. The highest BCUT2D eigenvalue weighted by Crippen LogP contribution is 2.19. The van der Waals surface area contributed by atoms with Gasteiger partial charge >= 0.3 is 0 Å². The Labute approximate surface area is 139 Å². The molecule has 1 heterocycles. The molecule has 0 spiro atoms. The highest BCUT2D eigenvalue weighted by Gasteiger charge is 2.28. The summed E-state index contributed by atoms with van der Waals surface area (Å²) in [7, 11) is -3.15. The molecule has 1 aliphatic heterocycles. The summed E-state index contributed by atoms with van der Waals surface area (Å²) in [6.45, 7) is 7.20. The molecular formula is C12H25IN4O2S. The van der Waals surface area contributed by atoms with Crippen LogP contribution in [0.4, 0.5) is 0 Å². The van der Waals surface area contributed by atoms with E-state index in [-0.39, 0.29) is 30.0 Å². The van der Waals surface area contributed by atoms with Crippen molar-refractivity contribution in [2.45, 2.75) is 32.2 Å². The third kappa shape index (κ3) is 6.89. The van der Waals surface area contributed by atoms with Gasteiger partial charge in [0.05, 0.1) is 12.8 Å². The first-order valence-electron chi connectivity index (χ1n) is 6.45. The molecule has 1 fully saturated rings. The molecule has 6 nitrogen and oxygen atoms in total. The highest BCUT2D eigenvalue weighted by molar-refractivity contribution is 14.0. The Morgan fingerprint density at radius 1 is 1.50 bits per heavy atom. The second-order valence-electron chi connectivity index (χ2n) is 5.06. The van der Waals surface area contributed by atoms with Crippen LogP contribution in [0.15, 0.2) is 17.1 Å². The van der Waals surface area contributed by atoms with Crippen molar-refractivity contribution in [3.05, 3.63) is 12.2 Å². The number of halogens is 1. The van der Waals surface area contributed by atoms with Crippen LogP contribution in [0.2, 0.25) is 0 Å². The Kier molecular flexibility index (Phi) is 8.68. The molecule has 0 saturated carbocycles. The average Bonchev–Trinajstić information content (AvgIpc) is 2.33. The molecule has 1 rings (SSSR count). The summed E-state index contributed by atoms with van der Waals surface area (Å²) in [6.07, 6.45) is 4.07. The van der Waals surface area contributed by atoms with Crippen molar-refractivity contribution in [2.75, 3.05) is 25.9 Å². The van der Waals surface area contributed by atoms with Crippen LogP contribution < -0.4 is 11.1 Å². The molecule has 0 bridgehead atoms. The molecule has 118 valence electrons. The van der Waals surface area contributed by atoms with Crippen LogP contribution >= 0.6 is 24.0 Å². The Bertz CT molecular complexity index is 450. The van der Waals surface area contributed by atoms with Crippen LogP contribution in [-0.4, -0.2) is 50.6 Å². The number of guanidine groups is 1. The van der Waals surface area contributed by atoms with Gasteiger partial charge in [-0.3, -0.25) is 0 Å². The Hall–Kier alpha value is -0.350. The van der Waals surface area contributed by atoms with E-state index in [9.17, 15) is 8.42 Å². The molecule has 1 atom stereocenters. The average molecular weight is 416 g/mol. The molecule has 0 aromatic rings. The number of nitrogens with one attached hydrogen (secondary N) is 1. The van der Waals surface area contributed by atoms with Crippen molar-refractivity contribution in [1.29, 1.82) is 0 Å².